The highest BCUT2D eigenvalue weighted by molar-refractivity contribution is 9.09. The first-order valence-electron chi connectivity index (χ1n) is 5.19. The number of hydrogen-bond acceptors (Lipinski definition) is 2. The summed E-state index contributed by atoms with van der Waals surface area (Å²) in [7, 11) is 0. The minimum absolute atomic E-state index is 0.272. The smallest absolute Gasteiger partial charge is 0.0730 e. The summed E-state index contributed by atoms with van der Waals surface area (Å²) in [6.07, 6.45) is 5.61. The first kappa shape index (κ1) is 10.1. The molecule has 4 heteroatoms. The van der Waals surface area contributed by atoms with Crippen LogP contribution in [0.2, 0.25) is 0 Å². The van der Waals surface area contributed by atoms with Gasteiger partial charge in [-0.25, -0.2) is 4.68 Å². The summed E-state index contributed by atoms with van der Waals surface area (Å²) in [5.74, 6) is 0. The van der Waals surface area contributed by atoms with Gasteiger partial charge in [0, 0.05) is 16.8 Å². The van der Waals surface area contributed by atoms with E-state index in [2.05, 4.69) is 40.1 Å². The summed E-state index contributed by atoms with van der Waals surface area (Å²) in [4.78, 5) is 0.660. The van der Waals surface area contributed by atoms with Gasteiger partial charge in [-0.2, -0.15) is 0 Å². The predicted molar refractivity (Wildman–Crippen MR) is 59.6 cm³/mol. The Morgan fingerprint density at radius 1 is 1.71 bits per heavy atom. The average molecular weight is 258 g/mol. The molecule has 0 aromatic carbocycles. The lowest BCUT2D eigenvalue weighted by Crippen LogP contribution is -2.22. The van der Waals surface area contributed by atoms with Crippen LogP contribution in [0.5, 0.6) is 0 Å². The van der Waals surface area contributed by atoms with Gasteiger partial charge in [0.05, 0.1) is 11.9 Å². The number of alkyl halides is 1. The highest BCUT2D eigenvalue weighted by Crippen LogP contribution is 2.43. The molecule has 1 saturated carbocycles. The summed E-state index contributed by atoms with van der Waals surface area (Å²) < 4.78 is 2.02. The van der Waals surface area contributed by atoms with Crippen molar-refractivity contribution in [3.8, 4) is 0 Å². The second-order valence-electron chi connectivity index (χ2n) is 4.34. The molecular weight excluding hydrogens is 242 g/mol. The third-order valence-corrected chi connectivity index (χ3v) is 4.00. The second kappa shape index (κ2) is 3.65. The van der Waals surface area contributed by atoms with Gasteiger partial charge in [-0.15, -0.1) is 5.10 Å². The third kappa shape index (κ3) is 1.60. The molecule has 0 saturated heterocycles. The van der Waals surface area contributed by atoms with E-state index in [1.165, 1.54) is 25.0 Å². The number of hydrogen-bond donors (Lipinski definition) is 0. The molecule has 0 N–H and O–H groups in total. The van der Waals surface area contributed by atoms with Gasteiger partial charge in [-0.05, 0) is 26.2 Å². The maximum atomic E-state index is 4.10. The van der Waals surface area contributed by atoms with E-state index in [1.54, 1.807) is 0 Å². The van der Waals surface area contributed by atoms with Gasteiger partial charge in [0.15, 0.2) is 0 Å². The van der Waals surface area contributed by atoms with Crippen molar-refractivity contribution >= 4 is 15.9 Å². The summed E-state index contributed by atoms with van der Waals surface area (Å²) in [6.45, 7) is 5.35. The van der Waals surface area contributed by atoms with Crippen molar-refractivity contribution in [3.05, 3.63) is 11.9 Å². The Bertz CT molecular complexity index is 323. The molecule has 0 radical (unpaired) electrons. The van der Waals surface area contributed by atoms with Crippen LogP contribution in [0.1, 0.15) is 38.8 Å². The first-order valence-corrected chi connectivity index (χ1v) is 6.10. The minimum Gasteiger partial charge on any atom is -0.249 e. The van der Waals surface area contributed by atoms with Crippen LogP contribution in [0.3, 0.4) is 0 Å². The topological polar surface area (TPSA) is 30.7 Å². The Hall–Kier alpha value is -0.380. The Morgan fingerprint density at radius 2 is 2.50 bits per heavy atom. The van der Waals surface area contributed by atoms with Gasteiger partial charge < -0.3 is 0 Å². The molecule has 0 amide bonds. The molecule has 2 unspecified atom stereocenters. The number of aryl methyl sites for hydroxylation is 1. The maximum Gasteiger partial charge on any atom is 0.0730 e. The lowest BCUT2D eigenvalue weighted by atomic mass is 9.85. The van der Waals surface area contributed by atoms with E-state index in [1.807, 2.05) is 10.9 Å². The van der Waals surface area contributed by atoms with E-state index in [0.29, 0.717) is 4.83 Å². The van der Waals surface area contributed by atoms with Crippen LogP contribution < -0.4 is 0 Å². The molecule has 1 aromatic rings. The molecule has 2 atom stereocenters. The molecule has 3 nitrogen and oxygen atoms in total. The Labute approximate surface area is 93.0 Å². The number of rotatable bonds is 2. The molecule has 1 aliphatic carbocycles. The van der Waals surface area contributed by atoms with Crippen LogP contribution >= 0.6 is 15.9 Å². The molecule has 1 aromatic heterocycles. The molecule has 1 aliphatic rings. The van der Waals surface area contributed by atoms with Crippen molar-refractivity contribution in [2.75, 3.05) is 0 Å². The van der Waals surface area contributed by atoms with Gasteiger partial charge in [-0.3, -0.25) is 0 Å². The Kier molecular flexibility index (Phi) is 2.64. The summed E-state index contributed by atoms with van der Waals surface area (Å²) in [5, 5.41) is 8.11. The zero-order valence-corrected chi connectivity index (χ0v) is 10.3. The number of aromatic nitrogens is 3. The lowest BCUT2D eigenvalue weighted by molar-refractivity contribution is 0.434. The number of halogens is 1. The fourth-order valence-corrected chi connectivity index (χ4v) is 3.30. The molecule has 0 aliphatic heterocycles. The first-order chi connectivity index (χ1) is 6.65. The van der Waals surface area contributed by atoms with Crippen molar-refractivity contribution in [1.82, 2.24) is 15.0 Å². The average Bonchev–Trinajstić information content (AvgIpc) is 2.73. The maximum absolute atomic E-state index is 4.10. The Balaban J connectivity index is 2.30. The normalized spacial score (nSPS) is 32.4. The van der Waals surface area contributed by atoms with Crippen LogP contribution in [0.15, 0.2) is 6.20 Å². The number of nitrogens with zero attached hydrogens (tertiary/aromatic N) is 3. The van der Waals surface area contributed by atoms with Crippen LogP contribution in [0, 0.1) is 0 Å². The van der Waals surface area contributed by atoms with Crippen LogP contribution in [0.25, 0.3) is 0 Å². The van der Waals surface area contributed by atoms with Crippen molar-refractivity contribution in [2.24, 2.45) is 0 Å². The van der Waals surface area contributed by atoms with Crippen molar-refractivity contribution in [1.29, 1.82) is 0 Å². The van der Waals surface area contributed by atoms with E-state index < -0.39 is 0 Å². The highest BCUT2D eigenvalue weighted by atomic mass is 79.9. The minimum atomic E-state index is 0.272. The molecule has 14 heavy (non-hydrogen) atoms. The van der Waals surface area contributed by atoms with Crippen LogP contribution in [-0.4, -0.2) is 19.8 Å². The molecule has 2 rings (SSSR count). The lowest BCUT2D eigenvalue weighted by Gasteiger charge is -2.23. The molecule has 1 heterocycles. The largest absolute Gasteiger partial charge is 0.249 e. The van der Waals surface area contributed by atoms with Crippen LogP contribution in [-0.2, 0) is 12.0 Å². The van der Waals surface area contributed by atoms with Gasteiger partial charge in [0.2, 0.25) is 0 Å². The molecule has 1 fully saturated rings. The molecular formula is C10H16BrN3. The monoisotopic (exact) mass is 257 g/mol. The van der Waals surface area contributed by atoms with E-state index >= 15 is 0 Å². The summed E-state index contributed by atoms with van der Waals surface area (Å²) >= 11 is 3.70. The summed E-state index contributed by atoms with van der Waals surface area (Å²) in [5.41, 5.74) is 1.56. The predicted octanol–water partition coefficient (Wildman–Crippen LogP) is 2.50. The van der Waals surface area contributed by atoms with E-state index in [9.17, 15) is 0 Å². The molecule has 0 bridgehead atoms. The Morgan fingerprint density at radius 3 is 3.07 bits per heavy atom. The van der Waals surface area contributed by atoms with E-state index in [4.69, 9.17) is 0 Å². The summed E-state index contributed by atoms with van der Waals surface area (Å²) in [6, 6.07) is 0. The fraction of sp³-hybridized carbons (Fsp3) is 0.800. The molecule has 78 valence electrons. The van der Waals surface area contributed by atoms with Gasteiger partial charge in [-0.1, -0.05) is 28.1 Å². The van der Waals surface area contributed by atoms with Gasteiger partial charge >= 0.3 is 0 Å². The fourth-order valence-electron chi connectivity index (χ4n) is 2.36. The van der Waals surface area contributed by atoms with Crippen LogP contribution in [0.4, 0.5) is 0 Å². The SMILES string of the molecule is CCn1nncc1C1(C)CCC(Br)C1. The third-order valence-electron chi connectivity index (χ3n) is 3.22. The van der Waals surface area contributed by atoms with E-state index in [0.717, 1.165) is 6.54 Å². The van der Waals surface area contributed by atoms with Crippen molar-refractivity contribution in [3.63, 3.8) is 0 Å². The van der Waals surface area contributed by atoms with Crippen molar-refractivity contribution in [2.45, 2.75) is 49.9 Å². The standard InChI is InChI=1S/C10H16BrN3/c1-3-14-9(7-12-13-14)10(2)5-4-8(11)6-10/h7-8H,3-6H2,1-2H3. The van der Waals surface area contributed by atoms with Gasteiger partial charge in [0.25, 0.3) is 0 Å². The van der Waals surface area contributed by atoms with Crippen molar-refractivity contribution < 1.29 is 0 Å². The second-order valence-corrected chi connectivity index (χ2v) is 5.63. The zero-order valence-electron chi connectivity index (χ0n) is 8.70. The highest BCUT2D eigenvalue weighted by Gasteiger charge is 2.37. The zero-order chi connectivity index (χ0) is 10.2. The van der Waals surface area contributed by atoms with Gasteiger partial charge in [0.1, 0.15) is 0 Å². The quantitative estimate of drug-likeness (QED) is 0.763. The van der Waals surface area contributed by atoms with E-state index in [-0.39, 0.29) is 5.41 Å². The molecule has 0 spiro atoms.